The van der Waals surface area contributed by atoms with Gasteiger partial charge >= 0.3 is 0 Å². The number of rotatable bonds is 2. The fraction of sp³-hybridized carbons (Fsp3) is 0.500. The summed E-state index contributed by atoms with van der Waals surface area (Å²) in [6.07, 6.45) is 2.46. The number of anilines is 1. The van der Waals surface area contributed by atoms with Crippen molar-refractivity contribution in [3.05, 3.63) is 23.2 Å². The molecule has 0 amide bonds. The van der Waals surface area contributed by atoms with Gasteiger partial charge in [-0.1, -0.05) is 0 Å². The average molecular weight is 261 g/mol. The van der Waals surface area contributed by atoms with Gasteiger partial charge in [-0.15, -0.1) is 11.3 Å². The second-order valence-corrected chi connectivity index (χ2v) is 6.37. The van der Waals surface area contributed by atoms with Crippen LogP contribution in [0, 0.1) is 6.92 Å². The van der Waals surface area contributed by atoms with Gasteiger partial charge in [0.25, 0.3) is 0 Å². The topological polar surface area (TPSA) is 28.2 Å². The van der Waals surface area contributed by atoms with Crippen molar-refractivity contribution in [1.82, 2.24) is 9.88 Å². The molecule has 1 N–H and O–H groups in total. The van der Waals surface area contributed by atoms with Crippen molar-refractivity contribution in [3.8, 4) is 0 Å². The SMILES string of the molecule is Cc1nc2ccc(NC3CCN(C)CC3)cc2s1. The number of fused-ring (bicyclic) bond motifs is 1. The van der Waals surface area contributed by atoms with E-state index in [1.54, 1.807) is 11.3 Å². The van der Waals surface area contributed by atoms with Crippen LogP contribution in [0.15, 0.2) is 18.2 Å². The van der Waals surface area contributed by atoms with Crippen LogP contribution >= 0.6 is 11.3 Å². The first kappa shape index (κ1) is 11.9. The van der Waals surface area contributed by atoms with Gasteiger partial charge in [-0.05, 0) is 58.1 Å². The first-order valence-corrected chi connectivity index (χ1v) is 7.34. The quantitative estimate of drug-likeness (QED) is 0.900. The minimum Gasteiger partial charge on any atom is -0.382 e. The molecule has 1 saturated heterocycles. The fourth-order valence-corrected chi connectivity index (χ4v) is 3.38. The second-order valence-electron chi connectivity index (χ2n) is 5.14. The van der Waals surface area contributed by atoms with Crippen molar-refractivity contribution >= 4 is 27.2 Å². The number of benzene rings is 1. The monoisotopic (exact) mass is 261 g/mol. The summed E-state index contributed by atoms with van der Waals surface area (Å²) in [5, 5.41) is 4.80. The summed E-state index contributed by atoms with van der Waals surface area (Å²) in [7, 11) is 2.20. The molecule has 1 fully saturated rings. The van der Waals surface area contributed by atoms with E-state index in [9.17, 15) is 0 Å². The number of piperidine rings is 1. The van der Waals surface area contributed by atoms with Crippen LogP contribution in [0.5, 0.6) is 0 Å². The van der Waals surface area contributed by atoms with E-state index in [0.717, 1.165) is 10.5 Å². The molecule has 2 aromatic rings. The summed E-state index contributed by atoms with van der Waals surface area (Å²) < 4.78 is 1.28. The molecule has 0 spiro atoms. The number of nitrogens with one attached hydrogen (secondary N) is 1. The molecule has 18 heavy (non-hydrogen) atoms. The van der Waals surface area contributed by atoms with Crippen LogP contribution in [-0.2, 0) is 0 Å². The lowest BCUT2D eigenvalue weighted by molar-refractivity contribution is 0.264. The van der Waals surface area contributed by atoms with E-state index >= 15 is 0 Å². The van der Waals surface area contributed by atoms with Crippen LogP contribution in [0.1, 0.15) is 17.8 Å². The van der Waals surface area contributed by atoms with Crippen LogP contribution in [0.3, 0.4) is 0 Å². The zero-order chi connectivity index (χ0) is 12.5. The zero-order valence-electron chi connectivity index (χ0n) is 10.9. The second kappa shape index (κ2) is 4.86. The zero-order valence-corrected chi connectivity index (χ0v) is 11.8. The first-order valence-electron chi connectivity index (χ1n) is 6.53. The molecule has 0 saturated carbocycles. The Morgan fingerprint density at radius 2 is 2.11 bits per heavy atom. The summed E-state index contributed by atoms with van der Waals surface area (Å²) in [4.78, 5) is 6.89. The number of likely N-dealkylation sites (tertiary alicyclic amines) is 1. The maximum atomic E-state index is 4.50. The minimum atomic E-state index is 0.618. The Balaban J connectivity index is 1.74. The van der Waals surface area contributed by atoms with E-state index in [1.807, 2.05) is 0 Å². The molecule has 96 valence electrons. The Bertz CT molecular complexity index is 541. The lowest BCUT2D eigenvalue weighted by atomic mass is 10.1. The summed E-state index contributed by atoms with van der Waals surface area (Å²) in [5.41, 5.74) is 2.35. The molecule has 0 unspecified atom stereocenters. The highest BCUT2D eigenvalue weighted by atomic mass is 32.1. The maximum absolute atomic E-state index is 4.50. The molecule has 1 aliphatic rings. The van der Waals surface area contributed by atoms with Crippen molar-refractivity contribution < 1.29 is 0 Å². The van der Waals surface area contributed by atoms with Gasteiger partial charge in [-0.3, -0.25) is 0 Å². The molecule has 1 aromatic carbocycles. The predicted molar refractivity (Wildman–Crippen MR) is 78.5 cm³/mol. The lowest BCUT2D eigenvalue weighted by Gasteiger charge is -2.30. The van der Waals surface area contributed by atoms with Gasteiger partial charge in [0.1, 0.15) is 0 Å². The molecule has 0 radical (unpaired) electrons. The third-order valence-corrected chi connectivity index (χ3v) is 4.52. The minimum absolute atomic E-state index is 0.618. The Morgan fingerprint density at radius 3 is 2.89 bits per heavy atom. The highest BCUT2D eigenvalue weighted by molar-refractivity contribution is 7.18. The van der Waals surface area contributed by atoms with E-state index in [1.165, 1.54) is 36.3 Å². The van der Waals surface area contributed by atoms with Crippen LogP contribution < -0.4 is 5.32 Å². The van der Waals surface area contributed by atoms with Crippen LogP contribution in [0.2, 0.25) is 0 Å². The van der Waals surface area contributed by atoms with Gasteiger partial charge in [-0.2, -0.15) is 0 Å². The molecule has 0 atom stereocenters. The Labute approximate surface area is 112 Å². The van der Waals surface area contributed by atoms with Gasteiger partial charge in [0, 0.05) is 11.7 Å². The number of aryl methyl sites for hydroxylation is 1. The van der Waals surface area contributed by atoms with Crippen molar-refractivity contribution in [2.24, 2.45) is 0 Å². The number of thiazole rings is 1. The predicted octanol–water partition coefficient (Wildman–Crippen LogP) is 3.11. The smallest absolute Gasteiger partial charge is 0.0907 e. The van der Waals surface area contributed by atoms with Gasteiger partial charge in [0.2, 0.25) is 0 Å². The summed E-state index contributed by atoms with van der Waals surface area (Å²) >= 11 is 1.77. The van der Waals surface area contributed by atoms with E-state index in [2.05, 4.69) is 47.4 Å². The molecule has 0 aliphatic carbocycles. The highest BCUT2D eigenvalue weighted by Crippen LogP contribution is 2.26. The third-order valence-electron chi connectivity index (χ3n) is 3.58. The standard InChI is InChI=1S/C14H19N3S/c1-10-15-13-4-3-12(9-14(13)18-10)16-11-5-7-17(2)8-6-11/h3-4,9,11,16H,5-8H2,1-2H3. The summed E-state index contributed by atoms with van der Waals surface area (Å²) in [6, 6.07) is 7.13. The number of aromatic nitrogens is 1. The maximum Gasteiger partial charge on any atom is 0.0907 e. The molecule has 1 aromatic heterocycles. The largest absolute Gasteiger partial charge is 0.382 e. The van der Waals surface area contributed by atoms with E-state index in [0.29, 0.717) is 6.04 Å². The van der Waals surface area contributed by atoms with Gasteiger partial charge < -0.3 is 10.2 Å². The molecule has 2 heterocycles. The molecule has 3 nitrogen and oxygen atoms in total. The summed E-state index contributed by atoms with van der Waals surface area (Å²) in [5.74, 6) is 0. The highest BCUT2D eigenvalue weighted by Gasteiger charge is 2.16. The number of hydrogen-bond donors (Lipinski definition) is 1. The average Bonchev–Trinajstić information content (AvgIpc) is 2.71. The number of hydrogen-bond acceptors (Lipinski definition) is 4. The molecule has 4 heteroatoms. The van der Waals surface area contributed by atoms with Crippen LogP contribution in [0.4, 0.5) is 5.69 Å². The normalized spacial score (nSPS) is 18.3. The molecular weight excluding hydrogens is 242 g/mol. The van der Waals surface area contributed by atoms with E-state index in [4.69, 9.17) is 0 Å². The van der Waals surface area contributed by atoms with Gasteiger partial charge in [0.05, 0.1) is 15.2 Å². The Kier molecular flexibility index (Phi) is 3.22. The van der Waals surface area contributed by atoms with Gasteiger partial charge in [-0.25, -0.2) is 4.98 Å². The first-order chi connectivity index (χ1) is 8.70. The molecule has 0 bridgehead atoms. The molecular formula is C14H19N3S. The van der Waals surface area contributed by atoms with Crippen molar-refractivity contribution in [2.45, 2.75) is 25.8 Å². The molecule has 1 aliphatic heterocycles. The van der Waals surface area contributed by atoms with E-state index < -0.39 is 0 Å². The Morgan fingerprint density at radius 1 is 1.33 bits per heavy atom. The third kappa shape index (κ3) is 2.49. The Hall–Kier alpha value is -1.13. The van der Waals surface area contributed by atoms with Crippen LogP contribution in [-0.4, -0.2) is 36.1 Å². The summed E-state index contributed by atoms with van der Waals surface area (Å²) in [6.45, 7) is 4.45. The fourth-order valence-electron chi connectivity index (χ4n) is 2.52. The molecule has 3 rings (SSSR count). The van der Waals surface area contributed by atoms with Crippen molar-refractivity contribution in [3.63, 3.8) is 0 Å². The van der Waals surface area contributed by atoms with E-state index in [-0.39, 0.29) is 0 Å². The van der Waals surface area contributed by atoms with Crippen molar-refractivity contribution in [2.75, 3.05) is 25.5 Å². The lowest BCUT2D eigenvalue weighted by Crippen LogP contribution is -2.36. The van der Waals surface area contributed by atoms with Gasteiger partial charge in [0.15, 0.2) is 0 Å². The van der Waals surface area contributed by atoms with Crippen LogP contribution in [0.25, 0.3) is 10.2 Å². The number of nitrogens with zero attached hydrogens (tertiary/aromatic N) is 2. The van der Waals surface area contributed by atoms with Crippen molar-refractivity contribution in [1.29, 1.82) is 0 Å².